The Morgan fingerprint density at radius 2 is 0.558 bits per heavy atom. The van der Waals surface area contributed by atoms with Crippen molar-refractivity contribution in [2.75, 3.05) is 39.6 Å². The van der Waals surface area contributed by atoms with E-state index in [1.807, 2.05) is 0 Å². The average Bonchev–Trinajstić information content (AvgIpc) is 3.64. The van der Waals surface area contributed by atoms with Crippen molar-refractivity contribution >= 4 is 39.5 Å². The number of esters is 4. The molecule has 510 valence electrons. The van der Waals surface area contributed by atoms with Gasteiger partial charge >= 0.3 is 39.5 Å². The molecule has 0 aliphatic carbocycles. The molecule has 0 aromatic rings. The lowest BCUT2D eigenvalue weighted by atomic mass is 9.99. The molecule has 0 aromatic heterocycles. The Morgan fingerprint density at radius 3 is 0.826 bits per heavy atom. The van der Waals surface area contributed by atoms with E-state index in [2.05, 4.69) is 48.5 Å². The number of rotatable bonds is 65. The van der Waals surface area contributed by atoms with Crippen LogP contribution < -0.4 is 0 Å². The molecule has 17 nitrogen and oxygen atoms in total. The smallest absolute Gasteiger partial charge is 0.462 e. The Bertz CT molecular complexity index is 1700. The third kappa shape index (κ3) is 57.2. The van der Waals surface area contributed by atoms with Crippen molar-refractivity contribution in [3.05, 3.63) is 0 Å². The van der Waals surface area contributed by atoms with Gasteiger partial charge < -0.3 is 33.8 Å². The molecular formula is C67H130O17P2. The highest BCUT2D eigenvalue weighted by Gasteiger charge is 2.30. The second kappa shape index (κ2) is 58.2. The van der Waals surface area contributed by atoms with Crippen LogP contribution >= 0.6 is 15.6 Å². The summed E-state index contributed by atoms with van der Waals surface area (Å²) in [7, 11) is -9.89. The number of unbranched alkanes of at least 4 members (excludes halogenated alkanes) is 30. The van der Waals surface area contributed by atoms with E-state index >= 15 is 0 Å². The lowest BCUT2D eigenvalue weighted by molar-refractivity contribution is -0.161. The maximum absolute atomic E-state index is 13.0. The van der Waals surface area contributed by atoms with Crippen LogP contribution in [0.2, 0.25) is 0 Å². The van der Waals surface area contributed by atoms with E-state index in [0.29, 0.717) is 25.7 Å². The number of carbonyl (C=O) groups excluding carboxylic acids is 4. The van der Waals surface area contributed by atoms with Gasteiger partial charge in [-0.05, 0) is 43.4 Å². The molecule has 8 atom stereocenters. The van der Waals surface area contributed by atoms with Crippen molar-refractivity contribution in [3.63, 3.8) is 0 Å². The molecule has 0 bridgehead atoms. The Balaban J connectivity index is 5.25. The molecule has 0 radical (unpaired) electrons. The van der Waals surface area contributed by atoms with Crippen LogP contribution in [0.1, 0.15) is 331 Å². The summed E-state index contributed by atoms with van der Waals surface area (Å²) in [6.45, 7) is 11.8. The van der Waals surface area contributed by atoms with Crippen LogP contribution in [0, 0.1) is 17.8 Å². The van der Waals surface area contributed by atoms with Crippen molar-refractivity contribution in [2.45, 2.75) is 349 Å². The van der Waals surface area contributed by atoms with E-state index in [1.54, 1.807) is 0 Å². The van der Waals surface area contributed by atoms with Crippen molar-refractivity contribution in [2.24, 2.45) is 17.8 Å². The van der Waals surface area contributed by atoms with E-state index in [-0.39, 0.29) is 25.7 Å². The van der Waals surface area contributed by atoms with Gasteiger partial charge in [-0.15, -0.1) is 0 Å². The van der Waals surface area contributed by atoms with Gasteiger partial charge in [0.2, 0.25) is 0 Å². The lowest BCUT2D eigenvalue weighted by Crippen LogP contribution is -2.30. The summed E-state index contributed by atoms with van der Waals surface area (Å²) < 4.78 is 68.1. The van der Waals surface area contributed by atoms with Crippen LogP contribution in [-0.2, 0) is 65.4 Å². The first kappa shape index (κ1) is 84.1. The third-order valence-corrected chi connectivity index (χ3v) is 18.4. The van der Waals surface area contributed by atoms with Crippen LogP contribution in [0.25, 0.3) is 0 Å². The zero-order valence-corrected chi connectivity index (χ0v) is 57.6. The predicted octanol–water partition coefficient (Wildman–Crippen LogP) is 18.7. The van der Waals surface area contributed by atoms with Crippen LogP contribution in [0.3, 0.4) is 0 Å². The highest BCUT2D eigenvalue weighted by molar-refractivity contribution is 7.47. The first-order valence-electron chi connectivity index (χ1n) is 35.0. The van der Waals surface area contributed by atoms with Crippen LogP contribution in [0.5, 0.6) is 0 Å². The second-order valence-corrected chi connectivity index (χ2v) is 27.8. The number of hydrogen-bond acceptors (Lipinski definition) is 15. The van der Waals surface area contributed by atoms with Gasteiger partial charge in [-0.25, -0.2) is 9.13 Å². The average molecular weight is 1270 g/mol. The van der Waals surface area contributed by atoms with E-state index in [4.69, 9.17) is 37.0 Å². The fourth-order valence-electron chi connectivity index (χ4n) is 9.91. The summed E-state index contributed by atoms with van der Waals surface area (Å²) in [5.41, 5.74) is 0. The number of ether oxygens (including phenoxy) is 4. The molecule has 0 saturated heterocycles. The Hall–Kier alpha value is -1.94. The molecule has 0 saturated carbocycles. The van der Waals surface area contributed by atoms with E-state index in [0.717, 1.165) is 114 Å². The van der Waals surface area contributed by atoms with Crippen molar-refractivity contribution in [3.8, 4) is 0 Å². The van der Waals surface area contributed by atoms with Gasteiger partial charge in [0, 0.05) is 25.7 Å². The fourth-order valence-corrected chi connectivity index (χ4v) is 11.5. The molecule has 0 spiro atoms. The summed E-state index contributed by atoms with van der Waals surface area (Å²) in [5.74, 6) is 0.198. The number of phosphoric acid groups is 2. The van der Waals surface area contributed by atoms with E-state index < -0.39 is 97.5 Å². The molecule has 0 aliphatic heterocycles. The summed E-state index contributed by atoms with van der Waals surface area (Å²) >= 11 is 0. The van der Waals surface area contributed by atoms with Crippen LogP contribution in [-0.4, -0.2) is 96.7 Å². The zero-order valence-electron chi connectivity index (χ0n) is 55.8. The van der Waals surface area contributed by atoms with Crippen molar-refractivity contribution in [1.82, 2.24) is 0 Å². The molecule has 0 aliphatic rings. The highest BCUT2D eigenvalue weighted by atomic mass is 31.2. The zero-order chi connectivity index (χ0) is 63.8. The molecule has 0 aromatic carbocycles. The van der Waals surface area contributed by atoms with Crippen molar-refractivity contribution < 1.29 is 80.2 Å². The fraction of sp³-hybridized carbons (Fsp3) is 0.940. The molecule has 86 heavy (non-hydrogen) atoms. The predicted molar refractivity (Wildman–Crippen MR) is 344 cm³/mol. The van der Waals surface area contributed by atoms with Crippen molar-refractivity contribution in [1.29, 1.82) is 0 Å². The molecule has 5 unspecified atom stereocenters. The van der Waals surface area contributed by atoms with Crippen LogP contribution in [0.15, 0.2) is 0 Å². The van der Waals surface area contributed by atoms with Gasteiger partial charge in [0.05, 0.1) is 26.4 Å². The standard InChI is InChI=1S/C67H130O17P2/c1-8-12-13-14-15-26-34-41-48-64(69)77-55-63(84-67(72)51-44-37-30-29-33-40-47-60(7)11-4)57-82-86(75,76)80-53-61(68)52-79-85(73,74)81-56-62(83-66(71)50-43-36-28-23-19-17-21-25-32-39-46-59(6)10-3)54-78-65(70)49-42-35-27-22-18-16-20-24-31-38-45-58(5)9-2/h58-63,68H,8-57H2,1-7H3,(H,73,74)(H,75,76)/t58?,59?,60?,61-,62-,63-/m1/s1. The largest absolute Gasteiger partial charge is 0.472 e. The number of aliphatic hydroxyl groups is 1. The van der Waals surface area contributed by atoms with E-state index in [1.165, 1.54) is 135 Å². The van der Waals surface area contributed by atoms with Gasteiger partial charge in [0.15, 0.2) is 12.2 Å². The topological polar surface area (TPSA) is 237 Å². The molecule has 0 rings (SSSR count). The Labute approximate surface area is 524 Å². The molecule has 3 N–H and O–H groups in total. The first-order chi connectivity index (χ1) is 41.3. The molecule has 0 heterocycles. The number of phosphoric ester groups is 2. The summed E-state index contributed by atoms with van der Waals surface area (Å²) in [6.07, 6.45) is 40.2. The summed E-state index contributed by atoms with van der Waals surface area (Å²) in [5, 5.41) is 10.6. The minimum absolute atomic E-state index is 0.102. The number of hydrogen-bond donors (Lipinski definition) is 3. The number of carbonyl (C=O) groups is 4. The normalized spacial score (nSPS) is 15.2. The summed E-state index contributed by atoms with van der Waals surface area (Å²) in [4.78, 5) is 72.3. The Kier molecular flexibility index (Phi) is 56.9. The van der Waals surface area contributed by atoms with Crippen LogP contribution in [0.4, 0.5) is 0 Å². The number of aliphatic hydroxyl groups excluding tert-OH is 1. The van der Waals surface area contributed by atoms with E-state index in [9.17, 15) is 43.2 Å². The monoisotopic (exact) mass is 1270 g/mol. The molecule has 0 amide bonds. The third-order valence-electron chi connectivity index (χ3n) is 16.5. The maximum atomic E-state index is 13.0. The second-order valence-electron chi connectivity index (χ2n) is 24.9. The van der Waals surface area contributed by atoms with Gasteiger partial charge in [0.25, 0.3) is 0 Å². The van der Waals surface area contributed by atoms with Gasteiger partial charge in [0.1, 0.15) is 19.3 Å². The summed E-state index contributed by atoms with van der Waals surface area (Å²) in [6, 6.07) is 0. The SMILES string of the molecule is CCCCCCCCCCC(=O)OC[C@H](COP(=O)(O)OC[C@H](O)COP(=O)(O)OC[C@@H](COC(=O)CCCCCCCCCCCCC(C)CC)OC(=O)CCCCCCCCCCCCC(C)CC)OC(=O)CCCCCCCCC(C)CC. The molecule has 19 heteroatoms. The highest BCUT2D eigenvalue weighted by Crippen LogP contribution is 2.45. The minimum Gasteiger partial charge on any atom is -0.462 e. The Morgan fingerprint density at radius 1 is 0.326 bits per heavy atom. The lowest BCUT2D eigenvalue weighted by Gasteiger charge is -2.21. The van der Waals surface area contributed by atoms with Gasteiger partial charge in [-0.2, -0.15) is 0 Å². The quantitative estimate of drug-likeness (QED) is 0.0222. The van der Waals surface area contributed by atoms with Gasteiger partial charge in [-0.3, -0.25) is 37.3 Å². The minimum atomic E-state index is -4.95. The molecular weight excluding hydrogens is 1140 g/mol. The maximum Gasteiger partial charge on any atom is 0.472 e. The first-order valence-corrected chi connectivity index (χ1v) is 38.0. The molecule has 0 fully saturated rings. The van der Waals surface area contributed by atoms with Gasteiger partial charge in [-0.1, -0.05) is 280 Å².